The Morgan fingerprint density at radius 3 is 2.89 bits per heavy atom. The second-order valence-corrected chi connectivity index (χ2v) is 7.34. The van der Waals surface area contributed by atoms with Crippen molar-refractivity contribution in [2.45, 2.75) is 18.8 Å². The van der Waals surface area contributed by atoms with Crippen molar-refractivity contribution in [1.29, 1.82) is 0 Å². The molecule has 1 atom stereocenters. The number of rotatable bonds is 5. The molecule has 19 heavy (non-hydrogen) atoms. The van der Waals surface area contributed by atoms with Gasteiger partial charge in [0.1, 0.15) is 11.6 Å². The lowest BCUT2D eigenvalue weighted by Crippen LogP contribution is -2.14. The molecule has 2 rings (SSSR count). The van der Waals surface area contributed by atoms with Crippen molar-refractivity contribution in [1.82, 2.24) is 9.97 Å². The molecule has 0 aromatic carbocycles. The zero-order valence-electron chi connectivity index (χ0n) is 11.1. The quantitative estimate of drug-likeness (QED) is 0.865. The molecule has 7 heteroatoms. The van der Waals surface area contributed by atoms with Gasteiger partial charge in [-0.15, -0.1) is 11.8 Å². The lowest BCUT2D eigenvalue weighted by atomic mass is 10.3. The Labute approximate surface area is 131 Å². The van der Waals surface area contributed by atoms with Gasteiger partial charge in [0.05, 0.1) is 22.0 Å². The van der Waals surface area contributed by atoms with Gasteiger partial charge < -0.3 is 10.1 Å². The summed E-state index contributed by atoms with van der Waals surface area (Å²) in [5.74, 6) is 5.27. The molecule has 0 saturated carbocycles. The monoisotopic (exact) mass is 363 g/mol. The van der Waals surface area contributed by atoms with Crippen molar-refractivity contribution in [3.8, 4) is 0 Å². The Hall–Kier alpha value is 0.0200. The van der Waals surface area contributed by atoms with Crippen LogP contribution in [0.2, 0.25) is 0 Å². The van der Waals surface area contributed by atoms with E-state index in [9.17, 15) is 0 Å². The summed E-state index contributed by atoms with van der Waals surface area (Å²) in [6.45, 7) is 3.41. The molecule has 1 N–H and O–H groups in total. The topological polar surface area (TPSA) is 47.0 Å². The number of nitrogens with one attached hydrogen (secondary N) is 1. The molecule has 1 aliphatic rings. The van der Waals surface area contributed by atoms with Crippen molar-refractivity contribution >= 4 is 45.3 Å². The van der Waals surface area contributed by atoms with Gasteiger partial charge in [-0.3, -0.25) is 0 Å². The van der Waals surface area contributed by atoms with E-state index in [1.165, 1.54) is 11.5 Å². The third-order valence-electron chi connectivity index (χ3n) is 2.67. The van der Waals surface area contributed by atoms with E-state index in [2.05, 4.69) is 38.1 Å². The zero-order chi connectivity index (χ0) is 13.7. The molecule has 2 heterocycles. The van der Waals surface area contributed by atoms with Crippen LogP contribution in [0.1, 0.15) is 23.7 Å². The summed E-state index contributed by atoms with van der Waals surface area (Å²) in [4.78, 5) is 9.34. The number of halogens is 1. The van der Waals surface area contributed by atoms with Gasteiger partial charge in [-0.1, -0.05) is 0 Å². The molecule has 1 aliphatic heterocycles. The third kappa shape index (κ3) is 4.00. The Kier molecular flexibility index (Phi) is 6.25. The molecule has 0 bridgehead atoms. The maximum absolute atomic E-state index is 5.22. The molecule has 1 fully saturated rings. The lowest BCUT2D eigenvalue weighted by Gasteiger charge is -2.21. The van der Waals surface area contributed by atoms with Crippen LogP contribution in [0.3, 0.4) is 0 Å². The number of hydrogen-bond acceptors (Lipinski definition) is 6. The number of aromatic nitrogens is 2. The SMILES string of the molecule is CCNc1nc(C2CSCCS2)nc(COC)c1Br. The van der Waals surface area contributed by atoms with Crippen molar-refractivity contribution in [3.05, 3.63) is 16.0 Å². The van der Waals surface area contributed by atoms with Crippen LogP contribution in [0.4, 0.5) is 5.82 Å². The maximum Gasteiger partial charge on any atom is 0.144 e. The standard InChI is InChI=1S/C12H18BrN3OS2/c1-3-14-12-10(13)8(6-17-2)15-11(16-12)9-7-18-4-5-19-9/h9H,3-7H2,1-2H3,(H,14,15,16). The van der Waals surface area contributed by atoms with Crippen LogP contribution >= 0.6 is 39.5 Å². The number of nitrogens with zero attached hydrogens (tertiary/aromatic N) is 2. The minimum atomic E-state index is 0.389. The zero-order valence-corrected chi connectivity index (χ0v) is 14.3. The molecular weight excluding hydrogens is 346 g/mol. The molecule has 4 nitrogen and oxygen atoms in total. The molecule has 0 radical (unpaired) electrons. The molecule has 0 amide bonds. The first-order valence-corrected chi connectivity index (χ1v) is 9.24. The van der Waals surface area contributed by atoms with Crippen LogP contribution in [0, 0.1) is 0 Å². The van der Waals surface area contributed by atoms with Gasteiger partial charge in [0.15, 0.2) is 0 Å². The van der Waals surface area contributed by atoms with Gasteiger partial charge in [-0.2, -0.15) is 11.8 Å². The van der Waals surface area contributed by atoms with Gasteiger partial charge in [0.25, 0.3) is 0 Å². The van der Waals surface area contributed by atoms with E-state index in [4.69, 9.17) is 4.74 Å². The van der Waals surface area contributed by atoms with E-state index < -0.39 is 0 Å². The second kappa shape index (κ2) is 7.71. The first-order chi connectivity index (χ1) is 9.26. The van der Waals surface area contributed by atoms with Crippen LogP contribution in [0.15, 0.2) is 4.47 Å². The van der Waals surface area contributed by atoms with E-state index >= 15 is 0 Å². The average Bonchev–Trinajstić information content (AvgIpc) is 2.44. The fraction of sp³-hybridized carbons (Fsp3) is 0.667. The molecule has 1 aromatic rings. The van der Waals surface area contributed by atoms with E-state index in [1.807, 2.05) is 23.5 Å². The molecule has 1 saturated heterocycles. The van der Waals surface area contributed by atoms with Crippen molar-refractivity contribution in [2.75, 3.05) is 36.2 Å². The predicted octanol–water partition coefficient (Wildman–Crippen LogP) is 3.34. The fourth-order valence-electron chi connectivity index (χ4n) is 1.81. The van der Waals surface area contributed by atoms with Crippen molar-refractivity contribution in [3.63, 3.8) is 0 Å². The summed E-state index contributed by atoms with van der Waals surface area (Å²) in [6.07, 6.45) is 0. The first-order valence-electron chi connectivity index (χ1n) is 6.24. The fourth-order valence-corrected chi connectivity index (χ4v) is 4.84. The molecular formula is C12H18BrN3OS2. The van der Waals surface area contributed by atoms with E-state index in [0.29, 0.717) is 11.9 Å². The van der Waals surface area contributed by atoms with Crippen molar-refractivity contribution < 1.29 is 4.74 Å². The lowest BCUT2D eigenvalue weighted by molar-refractivity contribution is 0.180. The minimum Gasteiger partial charge on any atom is -0.378 e. The number of methoxy groups -OCH3 is 1. The predicted molar refractivity (Wildman–Crippen MR) is 87.1 cm³/mol. The summed E-state index contributed by atoms with van der Waals surface area (Å²) in [6, 6.07) is 0. The van der Waals surface area contributed by atoms with Gasteiger partial charge in [-0.25, -0.2) is 9.97 Å². The summed E-state index contributed by atoms with van der Waals surface area (Å²) < 4.78 is 6.13. The van der Waals surface area contributed by atoms with Gasteiger partial charge in [-0.05, 0) is 22.9 Å². The normalized spacial score (nSPS) is 19.4. The maximum atomic E-state index is 5.22. The van der Waals surface area contributed by atoms with Crippen LogP contribution in [-0.2, 0) is 11.3 Å². The largest absolute Gasteiger partial charge is 0.378 e. The molecule has 1 unspecified atom stereocenters. The summed E-state index contributed by atoms with van der Waals surface area (Å²) in [7, 11) is 1.69. The van der Waals surface area contributed by atoms with Gasteiger partial charge in [0.2, 0.25) is 0 Å². The van der Waals surface area contributed by atoms with Crippen LogP contribution in [0.25, 0.3) is 0 Å². The van der Waals surface area contributed by atoms with E-state index in [1.54, 1.807) is 7.11 Å². The third-order valence-corrected chi connectivity index (χ3v) is 6.25. The summed E-state index contributed by atoms with van der Waals surface area (Å²) in [5.41, 5.74) is 0.916. The highest BCUT2D eigenvalue weighted by atomic mass is 79.9. The number of hydrogen-bond donors (Lipinski definition) is 1. The Morgan fingerprint density at radius 2 is 2.26 bits per heavy atom. The molecule has 106 valence electrons. The Bertz CT molecular complexity index is 400. The summed E-state index contributed by atoms with van der Waals surface area (Å²) >= 11 is 7.48. The van der Waals surface area contributed by atoms with E-state index in [-0.39, 0.29) is 0 Å². The van der Waals surface area contributed by atoms with Gasteiger partial charge >= 0.3 is 0 Å². The second-order valence-electron chi connectivity index (χ2n) is 4.09. The smallest absolute Gasteiger partial charge is 0.144 e. The Morgan fingerprint density at radius 1 is 1.42 bits per heavy atom. The molecule has 0 spiro atoms. The average molecular weight is 364 g/mol. The first kappa shape index (κ1) is 15.4. The number of ether oxygens (including phenoxy) is 1. The highest BCUT2D eigenvalue weighted by Crippen LogP contribution is 2.37. The Balaban J connectivity index is 2.30. The number of thioether (sulfide) groups is 2. The van der Waals surface area contributed by atoms with Crippen LogP contribution < -0.4 is 5.32 Å². The molecule has 0 aliphatic carbocycles. The van der Waals surface area contributed by atoms with Crippen LogP contribution in [0.5, 0.6) is 0 Å². The van der Waals surface area contributed by atoms with Crippen molar-refractivity contribution in [2.24, 2.45) is 0 Å². The minimum absolute atomic E-state index is 0.389. The number of anilines is 1. The highest BCUT2D eigenvalue weighted by molar-refractivity contribution is 9.10. The molecule has 1 aromatic heterocycles. The highest BCUT2D eigenvalue weighted by Gasteiger charge is 2.22. The van der Waals surface area contributed by atoms with Gasteiger partial charge in [0, 0.05) is 30.9 Å². The van der Waals surface area contributed by atoms with Crippen LogP contribution in [-0.4, -0.2) is 40.9 Å². The summed E-state index contributed by atoms with van der Waals surface area (Å²) in [5, 5.41) is 3.67. The van der Waals surface area contributed by atoms with E-state index in [0.717, 1.165) is 34.1 Å².